The highest BCUT2D eigenvalue weighted by molar-refractivity contribution is 6.03. The second-order valence-electron chi connectivity index (χ2n) is 3.82. The molecule has 1 aliphatic rings. The van der Waals surface area contributed by atoms with Crippen molar-refractivity contribution in [2.75, 3.05) is 12.0 Å². The summed E-state index contributed by atoms with van der Waals surface area (Å²) in [6, 6.07) is 8.70. The van der Waals surface area contributed by atoms with Crippen LogP contribution in [0, 0.1) is 0 Å². The molecule has 1 aromatic rings. The Morgan fingerprint density at radius 2 is 2.12 bits per heavy atom. The summed E-state index contributed by atoms with van der Waals surface area (Å²) in [5.74, 6) is -0.324. The van der Waals surface area contributed by atoms with Gasteiger partial charge in [-0.3, -0.25) is 19.3 Å². The molecule has 1 N–H and O–H groups in total. The number of nitrogens with one attached hydrogen (secondary N) is 1. The second kappa shape index (κ2) is 4.97. The minimum atomic E-state index is -0.482. The predicted octanol–water partition coefficient (Wildman–Crippen LogP) is 0.860. The highest BCUT2D eigenvalue weighted by Crippen LogP contribution is 2.26. The Balaban J connectivity index is 2.23. The van der Waals surface area contributed by atoms with Gasteiger partial charge in [0.1, 0.15) is 6.04 Å². The Morgan fingerprint density at radius 1 is 1.41 bits per heavy atom. The van der Waals surface area contributed by atoms with Gasteiger partial charge in [-0.25, -0.2) is 5.48 Å². The van der Waals surface area contributed by atoms with Crippen molar-refractivity contribution in [2.24, 2.45) is 0 Å². The number of rotatable bonds is 3. The summed E-state index contributed by atoms with van der Waals surface area (Å²) in [5, 5.41) is 0. The quantitative estimate of drug-likeness (QED) is 0.789. The summed E-state index contributed by atoms with van der Waals surface area (Å²) < 4.78 is 0. The normalized spacial score (nSPS) is 19.5. The number of carbonyl (C=O) groups excluding carboxylic acids is 2. The average Bonchev–Trinajstić information content (AvgIpc) is 2.73. The monoisotopic (exact) mass is 234 g/mol. The molecule has 0 radical (unpaired) electrons. The summed E-state index contributed by atoms with van der Waals surface area (Å²) in [5.41, 5.74) is 3.02. The third-order valence-electron chi connectivity index (χ3n) is 2.75. The highest BCUT2D eigenvalue weighted by atomic mass is 16.6. The Labute approximate surface area is 99.3 Å². The number of hydrogen-bond acceptors (Lipinski definition) is 3. The Bertz CT molecular complexity index is 419. The minimum Gasteiger partial charge on any atom is -0.300 e. The van der Waals surface area contributed by atoms with Crippen molar-refractivity contribution in [3.63, 3.8) is 0 Å². The van der Waals surface area contributed by atoms with Crippen LogP contribution in [0.5, 0.6) is 0 Å². The van der Waals surface area contributed by atoms with Gasteiger partial charge in [0.2, 0.25) is 5.91 Å². The first-order valence-electron chi connectivity index (χ1n) is 5.44. The highest BCUT2D eigenvalue weighted by Gasteiger charge is 2.36. The van der Waals surface area contributed by atoms with Gasteiger partial charge >= 0.3 is 0 Å². The maximum atomic E-state index is 11.8. The van der Waals surface area contributed by atoms with Crippen molar-refractivity contribution < 1.29 is 14.4 Å². The number of hydroxylamine groups is 1. The number of benzene rings is 1. The van der Waals surface area contributed by atoms with E-state index in [0.29, 0.717) is 12.8 Å². The number of amides is 2. The molecule has 90 valence electrons. The first-order valence-corrected chi connectivity index (χ1v) is 5.44. The smallest absolute Gasteiger partial charge is 0.266 e. The first kappa shape index (κ1) is 11.6. The van der Waals surface area contributed by atoms with Gasteiger partial charge < -0.3 is 0 Å². The molecule has 1 atom stereocenters. The van der Waals surface area contributed by atoms with E-state index < -0.39 is 6.04 Å². The van der Waals surface area contributed by atoms with Gasteiger partial charge in [0.25, 0.3) is 5.91 Å². The molecule has 2 amide bonds. The topological polar surface area (TPSA) is 58.6 Å². The Hall–Kier alpha value is -1.88. The van der Waals surface area contributed by atoms with E-state index in [1.165, 1.54) is 12.0 Å². The maximum absolute atomic E-state index is 11.8. The van der Waals surface area contributed by atoms with E-state index in [1.807, 2.05) is 30.3 Å². The van der Waals surface area contributed by atoms with E-state index in [4.69, 9.17) is 0 Å². The zero-order chi connectivity index (χ0) is 12.3. The number of nitrogens with zero attached hydrogens (tertiary/aromatic N) is 1. The van der Waals surface area contributed by atoms with E-state index in [0.717, 1.165) is 5.69 Å². The Morgan fingerprint density at radius 3 is 2.76 bits per heavy atom. The summed E-state index contributed by atoms with van der Waals surface area (Å²) >= 11 is 0. The molecule has 0 spiro atoms. The van der Waals surface area contributed by atoms with Crippen molar-refractivity contribution in [1.29, 1.82) is 0 Å². The maximum Gasteiger partial charge on any atom is 0.266 e. The first-order chi connectivity index (χ1) is 8.24. The van der Waals surface area contributed by atoms with Crippen LogP contribution in [0.25, 0.3) is 0 Å². The van der Waals surface area contributed by atoms with Crippen LogP contribution in [0.2, 0.25) is 0 Å². The van der Waals surface area contributed by atoms with Gasteiger partial charge in [0.05, 0.1) is 7.11 Å². The van der Waals surface area contributed by atoms with Crippen LogP contribution in [-0.4, -0.2) is 25.0 Å². The third kappa shape index (κ3) is 2.29. The number of anilines is 1. The predicted molar refractivity (Wildman–Crippen MR) is 62.1 cm³/mol. The van der Waals surface area contributed by atoms with Crippen molar-refractivity contribution in [1.82, 2.24) is 5.48 Å². The second-order valence-corrected chi connectivity index (χ2v) is 3.82. The fourth-order valence-corrected chi connectivity index (χ4v) is 2.01. The summed E-state index contributed by atoms with van der Waals surface area (Å²) in [7, 11) is 1.38. The number of para-hydroxylation sites is 1. The molecule has 2 rings (SSSR count). The fourth-order valence-electron chi connectivity index (χ4n) is 2.01. The molecule has 1 heterocycles. The lowest BCUT2D eigenvalue weighted by molar-refractivity contribution is -0.133. The lowest BCUT2D eigenvalue weighted by Crippen LogP contribution is -2.44. The summed E-state index contributed by atoms with van der Waals surface area (Å²) in [4.78, 5) is 29.7. The van der Waals surface area contributed by atoms with Crippen LogP contribution in [-0.2, 0) is 14.4 Å². The molecule has 0 saturated carbocycles. The zero-order valence-electron chi connectivity index (χ0n) is 9.55. The van der Waals surface area contributed by atoms with Gasteiger partial charge in [-0.05, 0) is 18.6 Å². The van der Waals surface area contributed by atoms with Gasteiger partial charge in [-0.15, -0.1) is 0 Å². The zero-order valence-corrected chi connectivity index (χ0v) is 9.55. The molecule has 1 fully saturated rings. The summed E-state index contributed by atoms with van der Waals surface area (Å²) in [6.45, 7) is 0. The Kier molecular flexibility index (Phi) is 3.39. The van der Waals surface area contributed by atoms with Crippen LogP contribution in [0.3, 0.4) is 0 Å². The standard InChI is InChI=1S/C12H14N2O3/c1-17-13-12(16)10-7-8-11(15)14(10)9-5-3-2-4-6-9/h2-6,10H,7-8H2,1H3,(H,13,16). The molecule has 1 unspecified atom stereocenters. The SMILES string of the molecule is CONC(=O)C1CCC(=O)N1c1ccccc1. The molecular formula is C12H14N2O3. The van der Waals surface area contributed by atoms with E-state index in [2.05, 4.69) is 10.3 Å². The molecule has 1 aromatic carbocycles. The molecule has 1 aliphatic heterocycles. The largest absolute Gasteiger partial charge is 0.300 e. The molecule has 5 nitrogen and oxygen atoms in total. The van der Waals surface area contributed by atoms with E-state index in [1.54, 1.807) is 0 Å². The molecule has 17 heavy (non-hydrogen) atoms. The van der Waals surface area contributed by atoms with E-state index >= 15 is 0 Å². The lowest BCUT2D eigenvalue weighted by Gasteiger charge is -2.23. The average molecular weight is 234 g/mol. The van der Waals surface area contributed by atoms with Crippen molar-refractivity contribution >= 4 is 17.5 Å². The number of carbonyl (C=O) groups is 2. The third-order valence-corrected chi connectivity index (χ3v) is 2.75. The van der Waals surface area contributed by atoms with Crippen LogP contribution < -0.4 is 10.4 Å². The fraction of sp³-hybridized carbons (Fsp3) is 0.333. The molecule has 0 aliphatic carbocycles. The van der Waals surface area contributed by atoms with E-state index in [-0.39, 0.29) is 11.8 Å². The van der Waals surface area contributed by atoms with E-state index in [9.17, 15) is 9.59 Å². The van der Waals surface area contributed by atoms with Crippen molar-refractivity contribution in [3.05, 3.63) is 30.3 Å². The van der Waals surface area contributed by atoms with Gasteiger partial charge in [-0.2, -0.15) is 0 Å². The molecule has 0 bridgehead atoms. The molecule has 1 saturated heterocycles. The van der Waals surface area contributed by atoms with Crippen LogP contribution in [0.4, 0.5) is 5.69 Å². The molecule has 0 aromatic heterocycles. The summed E-state index contributed by atoms with van der Waals surface area (Å²) in [6.07, 6.45) is 0.902. The molecular weight excluding hydrogens is 220 g/mol. The van der Waals surface area contributed by atoms with Crippen molar-refractivity contribution in [3.8, 4) is 0 Å². The lowest BCUT2D eigenvalue weighted by atomic mass is 10.2. The molecule has 5 heteroatoms. The number of hydrogen-bond donors (Lipinski definition) is 1. The van der Waals surface area contributed by atoms with Crippen LogP contribution in [0.15, 0.2) is 30.3 Å². The van der Waals surface area contributed by atoms with Gasteiger partial charge in [0.15, 0.2) is 0 Å². The van der Waals surface area contributed by atoms with Crippen molar-refractivity contribution in [2.45, 2.75) is 18.9 Å². The van der Waals surface area contributed by atoms with Crippen LogP contribution >= 0.6 is 0 Å². The van der Waals surface area contributed by atoms with Gasteiger partial charge in [-0.1, -0.05) is 18.2 Å². The minimum absolute atomic E-state index is 0.0348. The van der Waals surface area contributed by atoms with Crippen LogP contribution in [0.1, 0.15) is 12.8 Å². The van der Waals surface area contributed by atoms with Gasteiger partial charge in [0, 0.05) is 12.1 Å².